The van der Waals surface area contributed by atoms with Gasteiger partial charge in [-0.1, -0.05) is 0 Å². The Hall–Kier alpha value is -3.35. The molecule has 7 heteroatoms. The number of anilines is 1. The fraction of sp³-hybridized carbons (Fsp3) is 0.211. The molecular formula is C19H19N3O4. The minimum atomic E-state index is -0.220. The lowest BCUT2D eigenvalue weighted by molar-refractivity contribution is -0.115. The Labute approximate surface area is 151 Å². The van der Waals surface area contributed by atoms with Crippen LogP contribution in [0.5, 0.6) is 11.5 Å². The summed E-state index contributed by atoms with van der Waals surface area (Å²) in [4.78, 5) is 20.9. The molecule has 0 fully saturated rings. The van der Waals surface area contributed by atoms with E-state index in [1.807, 2.05) is 6.07 Å². The molecule has 1 aromatic carbocycles. The Morgan fingerprint density at radius 2 is 2.08 bits per heavy atom. The molecule has 134 valence electrons. The van der Waals surface area contributed by atoms with Crippen LogP contribution in [-0.4, -0.2) is 30.1 Å². The van der Waals surface area contributed by atoms with Gasteiger partial charge in [-0.2, -0.15) is 0 Å². The zero-order valence-corrected chi connectivity index (χ0v) is 14.8. The second-order valence-corrected chi connectivity index (χ2v) is 5.55. The first-order valence-electron chi connectivity index (χ1n) is 7.99. The van der Waals surface area contributed by atoms with Crippen LogP contribution in [0.15, 0.2) is 47.1 Å². The van der Waals surface area contributed by atoms with E-state index in [4.69, 9.17) is 13.9 Å². The SMILES string of the molecule is COc1ccc(NC(=O)Cc2nc(-c3cccnc3)oc2C)c(OC)c1. The number of rotatable bonds is 6. The third kappa shape index (κ3) is 3.83. The van der Waals surface area contributed by atoms with E-state index in [9.17, 15) is 4.79 Å². The van der Waals surface area contributed by atoms with Crippen molar-refractivity contribution >= 4 is 11.6 Å². The van der Waals surface area contributed by atoms with Gasteiger partial charge in [0, 0.05) is 18.5 Å². The third-order valence-electron chi connectivity index (χ3n) is 3.81. The van der Waals surface area contributed by atoms with E-state index in [-0.39, 0.29) is 12.3 Å². The average Bonchev–Trinajstić information content (AvgIpc) is 3.03. The van der Waals surface area contributed by atoms with Crippen LogP contribution in [0.1, 0.15) is 11.5 Å². The smallest absolute Gasteiger partial charge is 0.230 e. The molecule has 7 nitrogen and oxygen atoms in total. The maximum atomic E-state index is 12.4. The van der Waals surface area contributed by atoms with Crippen LogP contribution in [0.3, 0.4) is 0 Å². The summed E-state index contributed by atoms with van der Waals surface area (Å²) in [5.41, 5.74) is 1.90. The Bertz CT molecular complexity index is 906. The van der Waals surface area contributed by atoms with Gasteiger partial charge in [-0.25, -0.2) is 4.98 Å². The van der Waals surface area contributed by atoms with Crippen LogP contribution in [0, 0.1) is 6.92 Å². The number of nitrogens with zero attached hydrogens (tertiary/aromatic N) is 2. The summed E-state index contributed by atoms with van der Waals surface area (Å²) in [5, 5.41) is 2.82. The first-order valence-corrected chi connectivity index (χ1v) is 7.99. The largest absolute Gasteiger partial charge is 0.497 e. The molecule has 3 rings (SSSR count). The van der Waals surface area contributed by atoms with Crippen molar-refractivity contribution in [2.45, 2.75) is 13.3 Å². The quantitative estimate of drug-likeness (QED) is 0.732. The lowest BCUT2D eigenvalue weighted by Crippen LogP contribution is -2.15. The zero-order valence-electron chi connectivity index (χ0n) is 14.8. The van der Waals surface area contributed by atoms with Crippen molar-refractivity contribution < 1.29 is 18.7 Å². The van der Waals surface area contributed by atoms with Crippen LogP contribution in [0.2, 0.25) is 0 Å². The first kappa shape index (κ1) is 17.5. The van der Waals surface area contributed by atoms with Gasteiger partial charge in [0.2, 0.25) is 11.8 Å². The van der Waals surface area contributed by atoms with Gasteiger partial charge in [-0.05, 0) is 31.2 Å². The van der Waals surface area contributed by atoms with E-state index in [0.29, 0.717) is 34.5 Å². The number of oxazole rings is 1. The van der Waals surface area contributed by atoms with Gasteiger partial charge in [-0.3, -0.25) is 9.78 Å². The van der Waals surface area contributed by atoms with Gasteiger partial charge in [0.15, 0.2) is 0 Å². The summed E-state index contributed by atoms with van der Waals surface area (Å²) in [6.45, 7) is 1.78. The highest BCUT2D eigenvalue weighted by Gasteiger charge is 2.16. The lowest BCUT2D eigenvalue weighted by atomic mass is 10.2. The number of aryl methyl sites for hydroxylation is 1. The normalized spacial score (nSPS) is 10.4. The van der Waals surface area contributed by atoms with Crippen molar-refractivity contribution in [2.75, 3.05) is 19.5 Å². The number of hydrogen-bond acceptors (Lipinski definition) is 6. The molecule has 1 N–H and O–H groups in total. The first-order chi connectivity index (χ1) is 12.6. The van der Waals surface area contributed by atoms with Crippen molar-refractivity contribution in [3.63, 3.8) is 0 Å². The van der Waals surface area contributed by atoms with Gasteiger partial charge in [0.1, 0.15) is 17.3 Å². The number of aromatic nitrogens is 2. The molecule has 0 spiro atoms. The Kier molecular flexibility index (Phi) is 5.17. The summed E-state index contributed by atoms with van der Waals surface area (Å²) in [6.07, 6.45) is 3.43. The Balaban J connectivity index is 1.74. The molecule has 0 saturated carbocycles. The predicted molar refractivity (Wildman–Crippen MR) is 96.4 cm³/mol. The molecule has 0 bridgehead atoms. The number of nitrogens with one attached hydrogen (secondary N) is 1. The van der Waals surface area contributed by atoms with Crippen molar-refractivity contribution in [2.24, 2.45) is 0 Å². The number of amides is 1. The number of pyridine rings is 1. The van der Waals surface area contributed by atoms with Gasteiger partial charge >= 0.3 is 0 Å². The van der Waals surface area contributed by atoms with Crippen molar-refractivity contribution in [1.29, 1.82) is 0 Å². The molecule has 0 saturated heterocycles. The average molecular weight is 353 g/mol. The highest BCUT2D eigenvalue weighted by molar-refractivity contribution is 5.93. The molecule has 0 aliphatic carbocycles. The minimum Gasteiger partial charge on any atom is -0.497 e. The maximum absolute atomic E-state index is 12.4. The van der Waals surface area contributed by atoms with Gasteiger partial charge < -0.3 is 19.2 Å². The lowest BCUT2D eigenvalue weighted by Gasteiger charge is -2.11. The van der Waals surface area contributed by atoms with Crippen LogP contribution < -0.4 is 14.8 Å². The maximum Gasteiger partial charge on any atom is 0.230 e. The molecule has 1 amide bonds. The van der Waals surface area contributed by atoms with Crippen molar-refractivity contribution in [3.05, 3.63) is 54.2 Å². The summed E-state index contributed by atoms with van der Waals surface area (Å²) < 4.78 is 16.1. The topological polar surface area (TPSA) is 86.5 Å². The molecular weight excluding hydrogens is 334 g/mol. The number of benzene rings is 1. The van der Waals surface area contributed by atoms with E-state index in [2.05, 4.69) is 15.3 Å². The van der Waals surface area contributed by atoms with E-state index in [1.165, 1.54) is 7.11 Å². The van der Waals surface area contributed by atoms with Crippen LogP contribution >= 0.6 is 0 Å². The van der Waals surface area contributed by atoms with Gasteiger partial charge in [0.25, 0.3) is 0 Å². The summed E-state index contributed by atoms with van der Waals surface area (Å²) in [6, 6.07) is 8.84. The van der Waals surface area contributed by atoms with Gasteiger partial charge in [0.05, 0.1) is 37.6 Å². The Morgan fingerprint density at radius 3 is 2.77 bits per heavy atom. The number of hydrogen-bond donors (Lipinski definition) is 1. The summed E-state index contributed by atoms with van der Waals surface area (Å²) >= 11 is 0. The number of carbonyl (C=O) groups excluding carboxylic acids is 1. The zero-order chi connectivity index (χ0) is 18.5. The molecule has 0 unspecified atom stereocenters. The van der Waals surface area contributed by atoms with Crippen molar-refractivity contribution in [3.8, 4) is 23.0 Å². The van der Waals surface area contributed by atoms with Crippen LogP contribution in [0.4, 0.5) is 5.69 Å². The summed E-state index contributed by atoms with van der Waals surface area (Å²) in [7, 11) is 3.10. The number of carbonyl (C=O) groups is 1. The van der Waals surface area contributed by atoms with Crippen LogP contribution in [-0.2, 0) is 11.2 Å². The second-order valence-electron chi connectivity index (χ2n) is 5.55. The van der Waals surface area contributed by atoms with E-state index in [0.717, 1.165) is 5.56 Å². The molecule has 0 aliphatic heterocycles. The Morgan fingerprint density at radius 1 is 1.23 bits per heavy atom. The third-order valence-corrected chi connectivity index (χ3v) is 3.81. The van der Waals surface area contributed by atoms with Gasteiger partial charge in [-0.15, -0.1) is 0 Å². The minimum absolute atomic E-state index is 0.0881. The fourth-order valence-electron chi connectivity index (χ4n) is 2.45. The standard InChI is InChI=1S/C19H19N3O4/c1-12-16(22-19(26-12)13-5-4-8-20-11-13)10-18(23)21-15-7-6-14(24-2)9-17(15)25-3/h4-9,11H,10H2,1-3H3,(H,21,23). The number of ether oxygens (including phenoxy) is 2. The van der Waals surface area contributed by atoms with E-state index >= 15 is 0 Å². The highest BCUT2D eigenvalue weighted by Crippen LogP contribution is 2.29. The van der Waals surface area contributed by atoms with Crippen LogP contribution in [0.25, 0.3) is 11.5 Å². The predicted octanol–water partition coefficient (Wildman–Crippen LogP) is 3.24. The molecule has 0 radical (unpaired) electrons. The molecule has 26 heavy (non-hydrogen) atoms. The number of methoxy groups -OCH3 is 2. The monoisotopic (exact) mass is 353 g/mol. The second kappa shape index (κ2) is 7.69. The molecule has 3 aromatic rings. The van der Waals surface area contributed by atoms with E-state index in [1.54, 1.807) is 50.7 Å². The molecule has 2 aromatic heterocycles. The summed E-state index contributed by atoms with van der Waals surface area (Å²) in [5.74, 6) is 1.99. The molecule has 0 atom stereocenters. The van der Waals surface area contributed by atoms with Crippen molar-refractivity contribution in [1.82, 2.24) is 9.97 Å². The fourth-order valence-corrected chi connectivity index (χ4v) is 2.45. The molecule has 0 aliphatic rings. The molecule has 2 heterocycles. The van der Waals surface area contributed by atoms with E-state index < -0.39 is 0 Å². The highest BCUT2D eigenvalue weighted by atomic mass is 16.5.